The van der Waals surface area contributed by atoms with Crippen LogP contribution in [0.3, 0.4) is 0 Å². The molecule has 0 spiro atoms. The summed E-state index contributed by atoms with van der Waals surface area (Å²) in [6.07, 6.45) is -5.34. The first-order chi connectivity index (χ1) is 16.4. The SMILES string of the molecule is CCOC(=O)[C@](O)(c1ccc(CO[Si](c2ccccc2)(c2ccccc2)C(C)(C)C)o1)C(F)(F)F. The highest BCUT2D eigenvalue weighted by molar-refractivity contribution is 6.99. The zero-order chi connectivity index (χ0) is 25.9. The van der Waals surface area contributed by atoms with Gasteiger partial charge in [-0.2, -0.15) is 13.2 Å². The second kappa shape index (κ2) is 10.0. The third-order valence-corrected chi connectivity index (χ3v) is 10.8. The van der Waals surface area contributed by atoms with Crippen molar-refractivity contribution in [3.05, 3.63) is 84.3 Å². The Labute approximate surface area is 203 Å². The number of alkyl halides is 3. The van der Waals surface area contributed by atoms with Gasteiger partial charge in [0.25, 0.3) is 8.32 Å². The number of carbonyl (C=O) groups is 1. The van der Waals surface area contributed by atoms with Gasteiger partial charge >= 0.3 is 17.7 Å². The van der Waals surface area contributed by atoms with Crippen molar-refractivity contribution in [3.63, 3.8) is 0 Å². The van der Waals surface area contributed by atoms with Gasteiger partial charge in [-0.25, -0.2) is 4.79 Å². The summed E-state index contributed by atoms with van der Waals surface area (Å²) in [5, 5.41) is 11.9. The first-order valence-corrected chi connectivity index (χ1v) is 13.1. The van der Waals surface area contributed by atoms with Gasteiger partial charge in [0.05, 0.1) is 13.2 Å². The molecule has 0 saturated carbocycles. The molecular formula is C26H29F3O5Si. The van der Waals surface area contributed by atoms with Crippen LogP contribution in [-0.2, 0) is 26.2 Å². The van der Waals surface area contributed by atoms with Crippen LogP contribution in [0.2, 0.25) is 5.04 Å². The van der Waals surface area contributed by atoms with E-state index in [1.54, 1.807) is 0 Å². The van der Waals surface area contributed by atoms with E-state index in [0.717, 1.165) is 16.4 Å². The molecule has 0 saturated heterocycles. The van der Waals surface area contributed by atoms with E-state index in [0.29, 0.717) is 0 Å². The van der Waals surface area contributed by atoms with Crippen LogP contribution in [0, 0.1) is 0 Å². The van der Waals surface area contributed by atoms with E-state index in [1.807, 2.05) is 60.7 Å². The van der Waals surface area contributed by atoms with E-state index >= 15 is 0 Å². The van der Waals surface area contributed by atoms with Crippen LogP contribution in [0.5, 0.6) is 0 Å². The third-order valence-electron chi connectivity index (χ3n) is 5.85. The Kier molecular flexibility index (Phi) is 7.64. The van der Waals surface area contributed by atoms with Gasteiger partial charge in [0, 0.05) is 0 Å². The molecule has 0 bridgehead atoms. The Morgan fingerprint density at radius 3 is 1.86 bits per heavy atom. The highest BCUT2D eigenvalue weighted by Gasteiger charge is 2.64. The van der Waals surface area contributed by atoms with Gasteiger partial charge in [0.15, 0.2) is 5.76 Å². The van der Waals surface area contributed by atoms with Crippen LogP contribution < -0.4 is 10.4 Å². The molecule has 1 aromatic heterocycles. The van der Waals surface area contributed by atoms with Crippen LogP contribution in [-0.4, -0.2) is 32.2 Å². The van der Waals surface area contributed by atoms with E-state index in [4.69, 9.17) is 8.84 Å². The molecule has 5 nitrogen and oxygen atoms in total. The fourth-order valence-corrected chi connectivity index (χ4v) is 8.70. The minimum atomic E-state index is -5.34. The Morgan fingerprint density at radius 2 is 1.43 bits per heavy atom. The molecule has 9 heteroatoms. The van der Waals surface area contributed by atoms with Gasteiger partial charge in [-0.15, -0.1) is 0 Å². The molecule has 2 aromatic carbocycles. The fraction of sp³-hybridized carbons (Fsp3) is 0.346. The predicted octanol–water partition coefficient (Wildman–Crippen LogP) is 4.67. The largest absolute Gasteiger partial charge is 0.463 e. The average Bonchev–Trinajstić information content (AvgIpc) is 3.28. The first kappa shape index (κ1) is 26.7. The van der Waals surface area contributed by atoms with Gasteiger partial charge in [-0.05, 0) is 34.5 Å². The summed E-state index contributed by atoms with van der Waals surface area (Å²) in [4.78, 5) is 12.1. The summed E-state index contributed by atoms with van der Waals surface area (Å²) in [5.41, 5.74) is -3.92. The van der Waals surface area contributed by atoms with E-state index in [2.05, 4.69) is 25.5 Å². The van der Waals surface area contributed by atoms with Gasteiger partial charge < -0.3 is 18.7 Å². The number of carbonyl (C=O) groups excluding carboxylic acids is 1. The van der Waals surface area contributed by atoms with Crippen molar-refractivity contribution in [2.45, 2.75) is 51.1 Å². The minimum absolute atomic E-state index is 0.0416. The number of ether oxygens (including phenoxy) is 1. The second-order valence-electron chi connectivity index (χ2n) is 9.15. The summed E-state index contributed by atoms with van der Waals surface area (Å²) in [5.74, 6) is -2.77. The molecule has 0 fully saturated rings. The van der Waals surface area contributed by atoms with Gasteiger partial charge in [-0.1, -0.05) is 81.4 Å². The number of hydrogen-bond acceptors (Lipinski definition) is 5. The zero-order valence-corrected chi connectivity index (χ0v) is 21.1. The quantitative estimate of drug-likeness (QED) is 0.355. The van der Waals surface area contributed by atoms with Crippen molar-refractivity contribution in [3.8, 4) is 0 Å². The summed E-state index contributed by atoms with van der Waals surface area (Å²) in [7, 11) is -2.98. The number of aliphatic hydroxyl groups is 1. The molecule has 1 N–H and O–H groups in total. The molecule has 3 aromatic rings. The smallest absolute Gasteiger partial charge is 0.435 e. The molecular weight excluding hydrogens is 477 g/mol. The molecule has 0 unspecified atom stereocenters. The van der Waals surface area contributed by atoms with E-state index in [-0.39, 0.29) is 24.0 Å². The Morgan fingerprint density at radius 1 is 0.914 bits per heavy atom. The first-order valence-electron chi connectivity index (χ1n) is 11.2. The number of furan rings is 1. The zero-order valence-electron chi connectivity index (χ0n) is 20.1. The van der Waals surface area contributed by atoms with Gasteiger partial charge in [-0.3, -0.25) is 0 Å². The number of hydrogen-bond donors (Lipinski definition) is 1. The van der Waals surface area contributed by atoms with Crippen LogP contribution in [0.1, 0.15) is 39.2 Å². The number of esters is 1. The monoisotopic (exact) mass is 506 g/mol. The maximum atomic E-state index is 13.7. The number of benzene rings is 2. The molecule has 1 atom stereocenters. The summed E-state index contributed by atoms with van der Waals surface area (Å²) in [6.45, 7) is 7.05. The molecule has 0 aliphatic rings. The lowest BCUT2D eigenvalue weighted by Gasteiger charge is -2.42. The molecule has 188 valence electrons. The average molecular weight is 507 g/mol. The standard InChI is InChI=1S/C26H29F3O5Si/c1-5-32-23(30)25(31,26(27,28)29)22-17-16-19(34-22)18-33-35(24(2,3)4,20-12-8-6-9-13-20)21-14-10-7-11-15-21/h6-17,31H,5,18H2,1-4H3/t25-/m1/s1. The van der Waals surface area contributed by atoms with Crippen LogP contribution in [0.15, 0.2) is 77.2 Å². The molecule has 3 rings (SSSR count). The number of rotatable bonds is 8. The highest BCUT2D eigenvalue weighted by Crippen LogP contribution is 2.41. The second-order valence-corrected chi connectivity index (χ2v) is 13.5. The van der Waals surface area contributed by atoms with Crippen molar-refractivity contribution in [1.29, 1.82) is 0 Å². The van der Waals surface area contributed by atoms with Gasteiger partial charge in [0.1, 0.15) is 5.76 Å². The molecule has 0 aliphatic heterocycles. The third kappa shape index (κ3) is 4.93. The Balaban J connectivity index is 2.03. The minimum Gasteiger partial charge on any atom is -0.463 e. The van der Waals surface area contributed by atoms with Crippen LogP contribution >= 0.6 is 0 Å². The Bertz CT molecular complexity index is 1080. The molecule has 35 heavy (non-hydrogen) atoms. The normalized spacial score (nSPS) is 14.4. The van der Waals surface area contributed by atoms with Crippen LogP contribution in [0.4, 0.5) is 13.2 Å². The fourth-order valence-electron chi connectivity index (χ4n) is 4.18. The van der Waals surface area contributed by atoms with Crippen molar-refractivity contribution in [2.75, 3.05) is 6.61 Å². The summed E-state index contributed by atoms with van der Waals surface area (Å²) >= 11 is 0. The number of halogens is 3. The van der Waals surface area contributed by atoms with Crippen LogP contribution in [0.25, 0.3) is 0 Å². The van der Waals surface area contributed by atoms with Crippen molar-refractivity contribution < 1.29 is 36.7 Å². The predicted molar refractivity (Wildman–Crippen MR) is 128 cm³/mol. The Hall–Kier alpha value is -2.88. The van der Waals surface area contributed by atoms with E-state index < -0.39 is 31.8 Å². The topological polar surface area (TPSA) is 68.9 Å². The molecule has 0 amide bonds. The molecule has 1 heterocycles. The lowest BCUT2D eigenvalue weighted by Crippen LogP contribution is -2.66. The maximum Gasteiger partial charge on any atom is 0.435 e. The molecule has 0 radical (unpaired) electrons. The van der Waals surface area contributed by atoms with Crippen molar-refractivity contribution in [2.24, 2.45) is 0 Å². The lowest BCUT2D eigenvalue weighted by atomic mass is 10.0. The maximum absolute atomic E-state index is 13.7. The molecule has 0 aliphatic carbocycles. The summed E-state index contributed by atoms with van der Waals surface area (Å²) in [6, 6.07) is 21.6. The lowest BCUT2D eigenvalue weighted by molar-refractivity contribution is -0.272. The highest BCUT2D eigenvalue weighted by atomic mass is 28.4. The summed E-state index contributed by atoms with van der Waals surface area (Å²) < 4.78 is 57.6. The van der Waals surface area contributed by atoms with E-state index in [1.165, 1.54) is 13.0 Å². The van der Waals surface area contributed by atoms with Gasteiger partial charge in [0.2, 0.25) is 0 Å². The van der Waals surface area contributed by atoms with Crippen molar-refractivity contribution >= 4 is 24.7 Å². The van der Waals surface area contributed by atoms with E-state index in [9.17, 15) is 23.1 Å². The van der Waals surface area contributed by atoms with Crippen molar-refractivity contribution in [1.82, 2.24) is 0 Å².